The largest absolute Gasteiger partial charge is 0.357 e. The molecule has 0 heterocycles. The van der Waals surface area contributed by atoms with Crippen molar-refractivity contribution in [3.63, 3.8) is 0 Å². The van der Waals surface area contributed by atoms with E-state index in [0.29, 0.717) is 0 Å². The Bertz CT molecular complexity index is 366. The van der Waals surface area contributed by atoms with Crippen molar-refractivity contribution in [1.29, 1.82) is 0 Å². The number of rotatable bonds is 0. The molecule has 0 saturated carbocycles. The summed E-state index contributed by atoms with van der Waals surface area (Å²) in [6.07, 6.45) is 0. The number of carbonyl (C=O) groups excluding carboxylic acids is 2. The minimum absolute atomic E-state index is 2.59. The SMILES string of the molecule is O=C(C(=O)S(=O)(=O)O)S(=O)(=O)O. The summed E-state index contributed by atoms with van der Waals surface area (Å²) in [5, 5.41) is -5.19. The minimum Gasteiger partial charge on any atom is -0.279 e. The molecule has 0 aliphatic heterocycles. The topological polar surface area (TPSA) is 143 Å². The van der Waals surface area contributed by atoms with Gasteiger partial charge in [0, 0.05) is 0 Å². The molecule has 0 aliphatic rings. The van der Waals surface area contributed by atoms with E-state index in [1.165, 1.54) is 0 Å². The fourth-order valence-corrected chi connectivity index (χ4v) is 1.26. The maximum absolute atomic E-state index is 10.1. The van der Waals surface area contributed by atoms with Gasteiger partial charge in [-0.2, -0.15) is 16.8 Å². The van der Waals surface area contributed by atoms with E-state index in [1.807, 2.05) is 0 Å². The zero-order chi connectivity index (χ0) is 10.2. The molecule has 0 radical (unpaired) electrons. The zero-order valence-electron chi connectivity index (χ0n) is 5.16. The van der Waals surface area contributed by atoms with E-state index in [9.17, 15) is 26.4 Å². The summed E-state index contributed by atoms with van der Waals surface area (Å²) in [4.78, 5) is 20.2. The summed E-state index contributed by atoms with van der Waals surface area (Å²) >= 11 is 0. The van der Waals surface area contributed by atoms with Crippen LogP contribution >= 0.6 is 0 Å². The van der Waals surface area contributed by atoms with E-state index in [-0.39, 0.29) is 0 Å². The van der Waals surface area contributed by atoms with Crippen LogP contribution in [0.3, 0.4) is 0 Å². The van der Waals surface area contributed by atoms with Gasteiger partial charge in [0.25, 0.3) is 0 Å². The molecule has 0 amide bonds. The summed E-state index contributed by atoms with van der Waals surface area (Å²) in [5.41, 5.74) is 0. The lowest BCUT2D eigenvalue weighted by Gasteiger charge is -1.90. The first-order valence-corrected chi connectivity index (χ1v) is 4.98. The Morgan fingerprint density at radius 1 is 0.750 bits per heavy atom. The Morgan fingerprint density at radius 2 is 0.917 bits per heavy atom. The zero-order valence-corrected chi connectivity index (χ0v) is 6.79. The molecule has 8 nitrogen and oxygen atoms in total. The van der Waals surface area contributed by atoms with Crippen molar-refractivity contribution in [3.8, 4) is 0 Å². The molecule has 0 aromatic carbocycles. The third-order valence-electron chi connectivity index (χ3n) is 0.635. The number of hydrogen-bond acceptors (Lipinski definition) is 6. The average Bonchev–Trinajstić information content (AvgIpc) is 1.80. The maximum atomic E-state index is 10.1. The van der Waals surface area contributed by atoms with Gasteiger partial charge in [-0.05, 0) is 0 Å². The van der Waals surface area contributed by atoms with Crippen LogP contribution in [0, 0.1) is 0 Å². The number of carbonyl (C=O) groups is 2. The van der Waals surface area contributed by atoms with Gasteiger partial charge in [-0.1, -0.05) is 0 Å². The first-order chi connectivity index (χ1) is 5.07. The first-order valence-electron chi connectivity index (χ1n) is 2.10. The second-order valence-corrected chi connectivity index (χ2v) is 4.17. The maximum Gasteiger partial charge on any atom is 0.357 e. The van der Waals surface area contributed by atoms with E-state index in [1.54, 1.807) is 0 Å². The Hall–Kier alpha value is -0.840. The van der Waals surface area contributed by atoms with Gasteiger partial charge in [-0.25, -0.2) is 0 Å². The summed E-state index contributed by atoms with van der Waals surface area (Å²) in [7, 11) is -10.8. The van der Waals surface area contributed by atoms with Crippen molar-refractivity contribution in [3.05, 3.63) is 0 Å². The molecule has 0 unspecified atom stereocenters. The highest BCUT2D eigenvalue weighted by Crippen LogP contribution is 1.93. The summed E-state index contributed by atoms with van der Waals surface area (Å²) in [6.45, 7) is 0. The second kappa shape index (κ2) is 2.90. The van der Waals surface area contributed by atoms with Crippen LogP contribution in [0.4, 0.5) is 0 Å². The van der Waals surface area contributed by atoms with Crippen LogP contribution in [-0.4, -0.2) is 36.2 Å². The van der Waals surface area contributed by atoms with Crippen LogP contribution in [0.5, 0.6) is 0 Å². The van der Waals surface area contributed by atoms with Crippen molar-refractivity contribution >= 4 is 30.5 Å². The molecule has 0 spiro atoms. The lowest BCUT2D eigenvalue weighted by atomic mass is 10.9. The Balaban J connectivity index is 5.19. The monoisotopic (exact) mass is 218 g/mol. The van der Waals surface area contributed by atoms with Gasteiger partial charge in [-0.3, -0.25) is 18.7 Å². The highest BCUT2D eigenvalue weighted by molar-refractivity contribution is 8.13. The lowest BCUT2D eigenvalue weighted by Crippen LogP contribution is -2.29. The average molecular weight is 218 g/mol. The first kappa shape index (κ1) is 11.2. The van der Waals surface area contributed by atoms with Crippen LogP contribution in [0.15, 0.2) is 0 Å². The van der Waals surface area contributed by atoms with E-state index >= 15 is 0 Å². The van der Waals surface area contributed by atoms with Gasteiger partial charge in [-0.15, -0.1) is 0 Å². The molecule has 0 rings (SSSR count). The van der Waals surface area contributed by atoms with Gasteiger partial charge >= 0.3 is 30.5 Å². The van der Waals surface area contributed by atoms with Crippen molar-refractivity contribution in [2.24, 2.45) is 0 Å². The molecule has 70 valence electrons. The molecule has 2 N–H and O–H groups in total. The summed E-state index contributed by atoms with van der Waals surface area (Å²) in [6, 6.07) is 0. The number of hydrogen-bond donors (Lipinski definition) is 2. The van der Waals surface area contributed by atoms with Crippen LogP contribution in [0.1, 0.15) is 0 Å². The van der Waals surface area contributed by atoms with Gasteiger partial charge in [0.05, 0.1) is 0 Å². The molecule has 12 heavy (non-hydrogen) atoms. The molecule has 10 heteroatoms. The van der Waals surface area contributed by atoms with Crippen molar-refractivity contribution in [2.45, 2.75) is 0 Å². The standard InChI is InChI=1S/C2H2O8S2/c3-1(11(5,6)7)2(4)12(8,9)10/h(H,5,6,7)(H,8,9,10). The van der Waals surface area contributed by atoms with Gasteiger partial charge in [0.15, 0.2) is 0 Å². The third-order valence-corrected chi connectivity index (χ3v) is 2.07. The van der Waals surface area contributed by atoms with Crippen LogP contribution in [0.2, 0.25) is 0 Å². The van der Waals surface area contributed by atoms with E-state index in [2.05, 4.69) is 0 Å². The molecule has 0 bridgehead atoms. The highest BCUT2D eigenvalue weighted by atomic mass is 32.2. The van der Waals surface area contributed by atoms with Crippen LogP contribution in [0.25, 0.3) is 0 Å². The molecule has 0 atom stereocenters. The highest BCUT2D eigenvalue weighted by Gasteiger charge is 2.36. The molecular weight excluding hydrogens is 216 g/mol. The fourth-order valence-electron chi connectivity index (χ4n) is 0.211. The predicted octanol–water partition coefficient (Wildman–Crippen LogP) is -2.18. The summed E-state index contributed by atoms with van der Waals surface area (Å²) in [5.74, 6) is 0. The van der Waals surface area contributed by atoms with E-state index in [0.717, 1.165) is 0 Å². The molecule has 0 aliphatic carbocycles. The molecular formula is C2H2O8S2. The van der Waals surface area contributed by atoms with E-state index < -0.39 is 30.5 Å². The molecule has 0 saturated heterocycles. The molecule has 0 fully saturated rings. The summed E-state index contributed by atoms with van der Waals surface area (Å²) < 4.78 is 55.0. The minimum atomic E-state index is -5.41. The smallest absolute Gasteiger partial charge is 0.279 e. The van der Waals surface area contributed by atoms with Crippen molar-refractivity contribution in [2.75, 3.05) is 0 Å². The Morgan fingerprint density at radius 3 is 1.00 bits per heavy atom. The van der Waals surface area contributed by atoms with Gasteiger partial charge < -0.3 is 0 Å². The Kier molecular flexibility index (Phi) is 2.69. The molecule has 0 aromatic rings. The molecule has 0 aromatic heterocycles. The second-order valence-electron chi connectivity index (χ2n) is 1.53. The Labute approximate surface area is 66.7 Å². The van der Waals surface area contributed by atoms with Crippen LogP contribution in [-0.2, 0) is 29.8 Å². The lowest BCUT2D eigenvalue weighted by molar-refractivity contribution is -0.127. The van der Waals surface area contributed by atoms with Crippen molar-refractivity contribution in [1.82, 2.24) is 0 Å². The van der Waals surface area contributed by atoms with Crippen LogP contribution < -0.4 is 0 Å². The van der Waals surface area contributed by atoms with Crippen molar-refractivity contribution < 1.29 is 35.5 Å². The quantitative estimate of drug-likeness (QED) is 0.345. The predicted molar refractivity (Wildman–Crippen MR) is 33.1 cm³/mol. The van der Waals surface area contributed by atoms with E-state index in [4.69, 9.17) is 9.11 Å². The van der Waals surface area contributed by atoms with Gasteiger partial charge in [0.1, 0.15) is 0 Å². The third kappa shape index (κ3) is 2.65. The van der Waals surface area contributed by atoms with Gasteiger partial charge in [0.2, 0.25) is 0 Å². The fraction of sp³-hybridized carbons (Fsp3) is 0. The normalized spacial score (nSPS) is 12.5.